The van der Waals surface area contributed by atoms with E-state index >= 15 is 0 Å². The second-order valence-corrected chi connectivity index (χ2v) is 7.43. The van der Waals surface area contributed by atoms with Gasteiger partial charge >= 0.3 is 6.09 Å². The van der Waals surface area contributed by atoms with E-state index in [1.165, 1.54) is 5.56 Å². The second kappa shape index (κ2) is 8.80. The largest absolute Gasteiger partial charge is 0.508 e. The normalized spacial score (nSPS) is 14.1. The molecule has 0 saturated carbocycles. The van der Waals surface area contributed by atoms with Crippen molar-refractivity contribution in [2.24, 2.45) is 5.92 Å². The standard InChI is InChI=1S/C19H31NO3/c1-14(7-9-16-10-12-17(21)13-11-16)6-8-15(2)20-18(22)23-19(3,4)5/h10-15,21H,6-9H2,1-5H3,(H,20,22)/t14?,15-/m0/s1. The molecule has 1 aromatic rings. The summed E-state index contributed by atoms with van der Waals surface area (Å²) in [7, 11) is 0. The average Bonchev–Trinajstić information content (AvgIpc) is 2.42. The summed E-state index contributed by atoms with van der Waals surface area (Å²) in [5.74, 6) is 0.899. The number of benzene rings is 1. The number of hydrogen-bond acceptors (Lipinski definition) is 3. The number of nitrogens with one attached hydrogen (secondary N) is 1. The molecule has 0 fully saturated rings. The van der Waals surface area contributed by atoms with Crippen molar-refractivity contribution < 1.29 is 14.6 Å². The Morgan fingerprint density at radius 2 is 1.74 bits per heavy atom. The van der Waals surface area contributed by atoms with Gasteiger partial charge in [0.15, 0.2) is 0 Å². The molecule has 1 aromatic carbocycles. The highest BCUT2D eigenvalue weighted by Gasteiger charge is 2.17. The highest BCUT2D eigenvalue weighted by Crippen LogP contribution is 2.17. The van der Waals surface area contributed by atoms with Crippen molar-refractivity contribution in [1.82, 2.24) is 5.32 Å². The Hall–Kier alpha value is -1.71. The lowest BCUT2D eigenvalue weighted by atomic mass is 9.95. The third-order valence-corrected chi connectivity index (χ3v) is 3.72. The Morgan fingerprint density at radius 1 is 1.13 bits per heavy atom. The molecule has 0 saturated heterocycles. The SMILES string of the molecule is CC(CCc1ccc(O)cc1)CC[C@H](C)NC(=O)OC(C)(C)C. The first-order valence-electron chi connectivity index (χ1n) is 8.43. The van der Waals surface area contributed by atoms with Gasteiger partial charge in [-0.3, -0.25) is 0 Å². The van der Waals surface area contributed by atoms with E-state index in [1.807, 2.05) is 39.8 Å². The van der Waals surface area contributed by atoms with Crippen LogP contribution in [-0.2, 0) is 11.2 Å². The number of rotatable bonds is 7. The van der Waals surface area contributed by atoms with E-state index in [2.05, 4.69) is 12.2 Å². The van der Waals surface area contributed by atoms with Gasteiger partial charge in [0.25, 0.3) is 0 Å². The van der Waals surface area contributed by atoms with Gasteiger partial charge in [-0.05, 0) is 77.0 Å². The van der Waals surface area contributed by atoms with Crippen LogP contribution >= 0.6 is 0 Å². The molecule has 0 aromatic heterocycles. The fraction of sp³-hybridized carbons (Fsp3) is 0.632. The number of carbonyl (C=O) groups excluding carboxylic acids is 1. The number of amides is 1. The molecule has 2 N–H and O–H groups in total. The summed E-state index contributed by atoms with van der Waals surface area (Å²) < 4.78 is 5.26. The van der Waals surface area contributed by atoms with Gasteiger partial charge in [-0.1, -0.05) is 19.1 Å². The van der Waals surface area contributed by atoms with Crippen LogP contribution in [0.3, 0.4) is 0 Å². The van der Waals surface area contributed by atoms with Crippen LogP contribution in [0.25, 0.3) is 0 Å². The average molecular weight is 321 g/mol. The zero-order valence-electron chi connectivity index (χ0n) is 15.1. The Kier molecular flexibility index (Phi) is 7.40. The molecular weight excluding hydrogens is 290 g/mol. The zero-order chi connectivity index (χ0) is 17.5. The summed E-state index contributed by atoms with van der Waals surface area (Å²) in [6.45, 7) is 9.84. The number of phenolic OH excluding ortho intramolecular Hbond substituents is 1. The number of ether oxygens (including phenoxy) is 1. The Labute approximate surface area is 140 Å². The van der Waals surface area contributed by atoms with E-state index in [4.69, 9.17) is 4.74 Å². The van der Waals surface area contributed by atoms with Gasteiger partial charge in [0.1, 0.15) is 11.4 Å². The Bertz CT molecular complexity index is 476. The van der Waals surface area contributed by atoms with Gasteiger partial charge in [-0.2, -0.15) is 0 Å². The van der Waals surface area contributed by atoms with Crippen molar-refractivity contribution in [2.75, 3.05) is 0 Å². The summed E-state index contributed by atoms with van der Waals surface area (Å²) in [5, 5.41) is 12.2. The third kappa shape index (κ3) is 9.11. The number of alkyl carbamates (subject to hydrolysis) is 1. The minimum absolute atomic E-state index is 0.112. The molecule has 1 amide bonds. The number of phenols is 1. The topological polar surface area (TPSA) is 58.6 Å². The van der Waals surface area contributed by atoms with Crippen LogP contribution in [0.4, 0.5) is 4.79 Å². The first kappa shape index (κ1) is 19.3. The molecule has 4 heteroatoms. The van der Waals surface area contributed by atoms with Crippen molar-refractivity contribution in [3.63, 3.8) is 0 Å². The molecule has 130 valence electrons. The molecule has 4 nitrogen and oxygen atoms in total. The zero-order valence-corrected chi connectivity index (χ0v) is 15.1. The van der Waals surface area contributed by atoms with Crippen molar-refractivity contribution in [3.05, 3.63) is 29.8 Å². The minimum atomic E-state index is -0.457. The van der Waals surface area contributed by atoms with Crippen molar-refractivity contribution in [1.29, 1.82) is 0 Å². The number of carbonyl (C=O) groups is 1. The lowest BCUT2D eigenvalue weighted by Crippen LogP contribution is -2.37. The lowest BCUT2D eigenvalue weighted by Gasteiger charge is -2.22. The van der Waals surface area contributed by atoms with Crippen LogP contribution in [0.5, 0.6) is 5.75 Å². The van der Waals surface area contributed by atoms with Crippen LogP contribution in [-0.4, -0.2) is 22.8 Å². The summed E-state index contributed by atoms with van der Waals surface area (Å²) in [6.07, 6.45) is 3.77. The number of hydrogen-bond donors (Lipinski definition) is 2. The van der Waals surface area contributed by atoms with E-state index in [1.54, 1.807) is 12.1 Å². The molecule has 0 bridgehead atoms. The molecule has 0 heterocycles. The predicted molar refractivity (Wildman–Crippen MR) is 93.7 cm³/mol. The van der Waals surface area contributed by atoms with Crippen LogP contribution in [0.2, 0.25) is 0 Å². The van der Waals surface area contributed by atoms with Crippen LogP contribution in [0.1, 0.15) is 59.4 Å². The van der Waals surface area contributed by atoms with Crippen molar-refractivity contribution in [2.45, 2.75) is 71.9 Å². The van der Waals surface area contributed by atoms with Gasteiger partial charge < -0.3 is 15.2 Å². The first-order chi connectivity index (χ1) is 10.7. The van der Waals surface area contributed by atoms with Gasteiger partial charge in [-0.25, -0.2) is 4.79 Å². The third-order valence-electron chi connectivity index (χ3n) is 3.72. The summed E-state index contributed by atoms with van der Waals surface area (Å²) in [4.78, 5) is 11.7. The molecule has 23 heavy (non-hydrogen) atoms. The molecule has 1 unspecified atom stereocenters. The van der Waals surface area contributed by atoms with E-state index in [0.717, 1.165) is 25.7 Å². The van der Waals surface area contributed by atoms with Crippen LogP contribution < -0.4 is 5.32 Å². The molecule has 2 atom stereocenters. The minimum Gasteiger partial charge on any atom is -0.508 e. The fourth-order valence-corrected chi connectivity index (χ4v) is 2.34. The summed E-state index contributed by atoms with van der Waals surface area (Å²) in [5.41, 5.74) is 0.788. The Morgan fingerprint density at radius 3 is 2.30 bits per heavy atom. The van der Waals surface area contributed by atoms with Crippen LogP contribution in [0.15, 0.2) is 24.3 Å². The van der Waals surface area contributed by atoms with Crippen molar-refractivity contribution >= 4 is 6.09 Å². The Balaban J connectivity index is 2.23. The van der Waals surface area contributed by atoms with E-state index in [-0.39, 0.29) is 12.1 Å². The molecule has 0 radical (unpaired) electrons. The van der Waals surface area contributed by atoms with Gasteiger partial charge in [0.05, 0.1) is 0 Å². The maximum atomic E-state index is 11.7. The molecular formula is C19H31NO3. The molecule has 0 aliphatic carbocycles. The second-order valence-electron chi connectivity index (χ2n) is 7.43. The van der Waals surface area contributed by atoms with E-state index < -0.39 is 5.60 Å². The first-order valence-corrected chi connectivity index (χ1v) is 8.43. The van der Waals surface area contributed by atoms with E-state index in [0.29, 0.717) is 11.7 Å². The van der Waals surface area contributed by atoms with Crippen LogP contribution in [0, 0.1) is 5.92 Å². The molecule has 0 aliphatic rings. The van der Waals surface area contributed by atoms with Gasteiger partial charge in [-0.15, -0.1) is 0 Å². The number of aromatic hydroxyl groups is 1. The monoisotopic (exact) mass is 321 g/mol. The quantitative estimate of drug-likeness (QED) is 0.768. The fourth-order valence-electron chi connectivity index (χ4n) is 2.34. The maximum Gasteiger partial charge on any atom is 0.407 e. The summed E-state index contributed by atoms with van der Waals surface area (Å²) in [6, 6.07) is 7.50. The summed E-state index contributed by atoms with van der Waals surface area (Å²) >= 11 is 0. The molecule has 1 rings (SSSR count). The highest BCUT2D eigenvalue weighted by atomic mass is 16.6. The molecule has 0 aliphatic heterocycles. The smallest absolute Gasteiger partial charge is 0.407 e. The predicted octanol–water partition coefficient (Wildman–Crippen LogP) is 4.65. The highest BCUT2D eigenvalue weighted by molar-refractivity contribution is 5.67. The van der Waals surface area contributed by atoms with Crippen molar-refractivity contribution in [3.8, 4) is 5.75 Å². The lowest BCUT2D eigenvalue weighted by molar-refractivity contribution is 0.0505. The number of aryl methyl sites for hydroxylation is 1. The van der Waals surface area contributed by atoms with Gasteiger partial charge in [0, 0.05) is 6.04 Å². The van der Waals surface area contributed by atoms with E-state index in [9.17, 15) is 9.90 Å². The molecule has 0 spiro atoms. The van der Waals surface area contributed by atoms with Gasteiger partial charge in [0.2, 0.25) is 0 Å². The maximum absolute atomic E-state index is 11.7.